The summed E-state index contributed by atoms with van der Waals surface area (Å²) in [6, 6.07) is 7.70. The lowest BCUT2D eigenvalue weighted by atomic mass is 10.2. The van der Waals surface area contributed by atoms with Crippen molar-refractivity contribution >= 4 is 23.0 Å². The van der Waals surface area contributed by atoms with Crippen molar-refractivity contribution in [2.75, 3.05) is 13.7 Å². The minimum absolute atomic E-state index is 0.0130. The highest BCUT2D eigenvalue weighted by atomic mass is 16.5. The van der Waals surface area contributed by atoms with Crippen LogP contribution in [0.5, 0.6) is 5.75 Å². The van der Waals surface area contributed by atoms with Gasteiger partial charge in [0.25, 0.3) is 0 Å². The van der Waals surface area contributed by atoms with E-state index < -0.39 is 11.9 Å². The van der Waals surface area contributed by atoms with Crippen LogP contribution in [0, 0.1) is 5.21 Å². The Morgan fingerprint density at radius 2 is 1.89 bits per heavy atom. The molecule has 0 unspecified atom stereocenters. The van der Waals surface area contributed by atoms with Crippen LogP contribution in [0.2, 0.25) is 0 Å². The van der Waals surface area contributed by atoms with Gasteiger partial charge in [-0.3, -0.25) is 4.98 Å². The van der Waals surface area contributed by atoms with Crippen molar-refractivity contribution in [2.24, 2.45) is 0 Å². The van der Waals surface area contributed by atoms with E-state index in [0.29, 0.717) is 22.6 Å². The van der Waals surface area contributed by atoms with Gasteiger partial charge in [-0.15, -0.1) is 0 Å². The average molecular weight is 383 g/mol. The van der Waals surface area contributed by atoms with Gasteiger partial charge in [0.1, 0.15) is 17.9 Å². The molecule has 0 fully saturated rings. The number of hydrogen-bond donors (Lipinski definition) is 0. The van der Waals surface area contributed by atoms with Crippen molar-refractivity contribution in [3.8, 4) is 5.75 Å². The van der Waals surface area contributed by atoms with E-state index >= 15 is 0 Å². The first-order valence-electron chi connectivity index (χ1n) is 8.39. The molecule has 0 aliphatic heterocycles. The Balaban J connectivity index is 1.99. The largest absolute Gasteiger partial charge is 0.618 e. The van der Waals surface area contributed by atoms with Gasteiger partial charge in [-0.2, -0.15) is 4.73 Å². The van der Waals surface area contributed by atoms with Crippen LogP contribution in [0.1, 0.15) is 33.5 Å². The predicted octanol–water partition coefficient (Wildman–Crippen LogP) is 1.81. The molecule has 0 radical (unpaired) electrons. The van der Waals surface area contributed by atoms with Crippen molar-refractivity contribution in [1.29, 1.82) is 0 Å². The highest BCUT2D eigenvalue weighted by molar-refractivity contribution is 5.90. The Bertz CT molecular complexity index is 1020. The van der Waals surface area contributed by atoms with Gasteiger partial charge in [0, 0.05) is 12.4 Å². The second kappa shape index (κ2) is 8.30. The quantitative estimate of drug-likeness (QED) is 0.360. The van der Waals surface area contributed by atoms with Gasteiger partial charge in [-0.05, 0) is 31.2 Å². The topological polar surface area (TPSA) is 115 Å². The minimum atomic E-state index is -0.888. The summed E-state index contributed by atoms with van der Waals surface area (Å²) in [6.45, 7) is 1.86. The van der Waals surface area contributed by atoms with Gasteiger partial charge >= 0.3 is 17.6 Å². The van der Waals surface area contributed by atoms with E-state index in [4.69, 9.17) is 14.2 Å². The predicted molar refractivity (Wildman–Crippen MR) is 96.6 cm³/mol. The SMILES string of the molecule is CCOc1ccc2nc(COC(=O)c3ccncc3)c(C(=O)OC)[n+]([O-])c2c1. The van der Waals surface area contributed by atoms with Crippen LogP contribution in [-0.4, -0.2) is 35.6 Å². The van der Waals surface area contributed by atoms with Gasteiger partial charge in [0.2, 0.25) is 5.52 Å². The third-order valence-electron chi connectivity index (χ3n) is 3.84. The number of carbonyl (C=O) groups is 2. The number of nitrogens with zero attached hydrogens (tertiary/aromatic N) is 3. The van der Waals surface area contributed by atoms with Crippen LogP contribution in [-0.2, 0) is 16.1 Å². The van der Waals surface area contributed by atoms with Gasteiger partial charge in [0.05, 0.1) is 25.3 Å². The molecule has 2 heterocycles. The van der Waals surface area contributed by atoms with Crippen molar-refractivity contribution in [3.63, 3.8) is 0 Å². The molecule has 3 rings (SSSR count). The number of ether oxygens (including phenoxy) is 3. The van der Waals surface area contributed by atoms with E-state index in [2.05, 4.69) is 9.97 Å². The van der Waals surface area contributed by atoms with Gasteiger partial charge < -0.3 is 19.4 Å². The molecular formula is C19H17N3O6. The van der Waals surface area contributed by atoms with E-state index in [-0.39, 0.29) is 29.1 Å². The van der Waals surface area contributed by atoms with E-state index in [1.54, 1.807) is 12.1 Å². The molecule has 0 aliphatic carbocycles. The van der Waals surface area contributed by atoms with Crippen LogP contribution < -0.4 is 9.47 Å². The molecule has 1 aromatic carbocycles. The number of fused-ring (bicyclic) bond motifs is 1. The Kier molecular flexibility index (Phi) is 5.64. The molecule has 28 heavy (non-hydrogen) atoms. The van der Waals surface area contributed by atoms with E-state index in [1.807, 2.05) is 6.92 Å². The molecule has 144 valence electrons. The number of pyridine rings is 1. The highest BCUT2D eigenvalue weighted by Crippen LogP contribution is 2.19. The summed E-state index contributed by atoms with van der Waals surface area (Å²) in [5.41, 5.74) is 0.371. The summed E-state index contributed by atoms with van der Waals surface area (Å²) in [5, 5.41) is 12.8. The summed E-state index contributed by atoms with van der Waals surface area (Å²) < 4.78 is 15.7. The van der Waals surface area contributed by atoms with Crippen LogP contribution in [0.15, 0.2) is 42.7 Å². The Labute approximate surface area is 160 Å². The summed E-state index contributed by atoms with van der Waals surface area (Å²) >= 11 is 0. The fraction of sp³-hybridized carbons (Fsp3) is 0.211. The zero-order valence-electron chi connectivity index (χ0n) is 15.2. The molecule has 0 saturated heterocycles. The maximum absolute atomic E-state index is 12.8. The molecule has 3 aromatic rings. The molecule has 0 spiro atoms. The first kappa shape index (κ1) is 19.0. The lowest BCUT2D eigenvalue weighted by molar-refractivity contribution is -0.581. The molecule has 0 bridgehead atoms. The summed E-state index contributed by atoms with van der Waals surface area (Å²) in [6.07, 6.45) is 2.90. The zero-order chi connectivity index (χ0) is 20.1. The van der Waals surface area contributed by atoms with Gasteiger partial charge in [-0.25, -0.2) is 14.6 Å². The van der Waals surface area contributed by atoms with Crippen LogP contribution in [0.4, 0.5) is 0 Å². The Morgan fingerprint density at radius 3 is 2.57 bits per heavy atom. The maximum Gasteiger partial charge on any atom is 0.406 e. The van der Waals surface area contributed by atoms with Crippen molar-refractivity contribution in [1.82, 2.24) is 9.97 Å². The molecule has 0 N–H and O–H groups in total. The number of esters is 2. The monoisotopic (exact) mass is 383 g/mol. The smallest absolute Gasteiger partial charge is 0.406 e. The van der Waals surface area contributed by atoms with Gasteiger partial charge in [-0.1, -0.05) is 0 Å². The fourth-order valence-corrected chi connectivity index (χ4v) is 2.56. The zero-order valence-corrected chi connectivity index (χ0v) is 15.2. The third kappa shape index (κ3) is 3.83. The summed E-state index contributed by atoms with van der Waals surface area (Å²) in [4.78, 5) is 32.4. The number of hydrogen-bond acceptors (Lipinski definition) is 8. The molecule has 0 atom stereocenters. The van der Waals surface area contributed by atoms with E-state index in [0.717, 1.165) is 7.11 Å². The van der Waals surface area contributed by atoms with Crippen LogP contribution in [0.25, 0.3) is 11.0 Å². The molecule has 2 aromatic heterocycles. The number of benzene rings is 1. The fourth-order valence-electron chi connectivity index (χ4n) is 2.56. The average Bonchev–Trinajstić information content (AvgIpc) is 2.73. The molecule has 0 saturated carbocycles. The first-order valence-corrected chi connectivity index (χ1v) is 8.39. The molecule has 9 nitrogen and oxygen atoms in total. The number of carbonyl (C=O) groups excluding carboxylic acids is 2. The normalized spacial score (nSPS) is 10.5. The molecular weight excluding hydrogens is 366 g/mol. The molecule has 0 aliphatic rings. The van der Waals surface area contributed by atoms with Crippen molar-refractivity contribution < 1.29 is 28.5 Å². The van der Waals surface area contributed by atoms with Crippen LogP contribution in [0.3, 0.4) is 0 Å². The summed E-state index contributed by atoms with van der Waals surface area (Å²) in [7, 11) is 1.15. The van der Waals surface area contributed by atoms with Gasteiger partial charge in [0.15, 0.2) is 5.69 Å². The van der Waals surface area contributed by atoms with E-state index in [1.165, 1.54) is 30.6 Å². The van der Waals surface area contributed by atoms with E-state index in [9.17, 15) is 14.8 Å². The lowest BCUT2D eigenvalue weighted by Gasteiger charge is -2.12. The highest BCUT2D eigenvalue weighted by Gasteiger charge is 2.28. The molecule has 0 amide bonds. The maximum atomic E-state index is 12.8. The third-order valence-corrected chi connectivity index (χ3v) is 3.84. The number of methoxy groups -OCH3 is 1. The Morgan fingerprint density at radius 1 is 1.14 bits per heavy atom. The Hall–Kier alpha value is -3.75. The van der Waals surface area contributed by atoms with Crippen LogP contribution >= 0.6 is 0 Å². The number of aromatic nitrogens is 3. The molecule has 9 heteroatoms. The summed E-state index contributed by atoms with van der Waals surface area (Å²) in [5.74, 6) is -1.06. The number of rotatable bonds is 6. The second-order valence-electron chi connectivity index (χ2n) is 5.59. The minimum Gasteiger partial charge on any atom is -0.618 e. The lowest BCUT2D eigenvalue weighted by Crippen LogP contribution is -2.38. The standard InChI is InChI=1S/C19H17N3O6/c1-3-27-13-4-5-14-16(10-13)22(25)17(19(24)26-2)15(21-14)11-28-18(23)12-6-8-20-9-7-12/h4-10H,3,11H2,1-2H3. The van der Waals surface area contributed by atoms with Crippen molar-refractivity contribution in [3.05, 3.63) is 64.9 Å². The second-order valence-corrected chi connectivity index (χ2v) is 5.59. The first-order chi connectivity index (χ1) is 13.5. The van der Waals surface area contributed by atoms with Crippen molar-refractivity contribution in [2.45, 2.75) is 13.5 Å².